The number of nitrogens with one attached hydrogen (secondary N) is 1. The first kappa shape index (κ1) is 24.4. The molecule has 1 saturated heterocycles. The molecule has 5 N–H and O–H groups in total. The number of halogens is 1. The van der Waals surface area contributed by atoms with Gasteiger partial charge in [-0.1, -0.05) is 34.1 Å². The fourth-order valence-electron chi connectivity index (χ4n) is 3.75. The summed E-state index contributed by atoms with van der Waals surface area (Å²) in [6.07, 6.45) is -7.35. The average Bonchev–Trinajstić information content (AvgIpc) is 2.84. The van der Waals surface area contributed by atoms with Gasteiger partial charge in [-0.25, -0.2) is 0 Å². The molecule has 0 aromatic heterocycles. The Bertz CT molecular complexity index is 1190. The average molecular weight is 534 g/mol. The molecule has 9 nitrogen and oxygen atoms in total. The maximum atomic E-state index is 13.3. The molecule has 4 rings (SSSR count). The number of benzene rings is 3. The van der Waals surface area contributed by atoms with E-state index < -0.39 is 43.2 Å². The van der Waals surface area contributed by atoms with Crippen LogP contribution in [-0.4, -0.2) is 70.8 Å². The van der Waals surface area contributed by atoms with Crippen LogP contribution in [-0.2, 0) is 4.74 Å². The predicted octanol–water partition coefficient (Wildman–Crippen LogP) is 2.04. The molecule has 1 amide bonds. The molecule has 0 aliphatic carbocycles. The number of rotatable bonds is 6. The largest absolute Gasteiger partial charge is 0.495 e. The highest BCUT2D eigenvalue weighted by atomic mass is 79.9. The third kappa shape index (κ3) is 4.88. The first-order chi connectivity index (χ1) is 16.3. The molecule has 1 aliphatic rings. The molecule has 1 fully saturated rings. The number of carbonyl (C=O) groups is 1. The molecule has 3 aromatic rings. The number of fused-ring (bicyclic) bond motifs is 1. The number of aliphatic hydroxyl groups excluding tert-OH is 4. The maximum Gasteiger partial charge on any atom is 0.259 e. The van der Waals surface area contributed by atoms with Crippen LogP contribution in [0.2, 0.25) is 0 Å². The molecule has 5 unspecified atom stereocenters. The van der Waals surface area contributed by atoms with Crippen molar-refractivity contribution in [3.63, 3.8) is 0 Å². The van der Waals surface area contributed by atoms with Gasteiger partial charge in [0.05, 0.1) is 25.0 Å². The Labute approximate surface area is 203 Å². The number of aliphatic hydroxyl groups is 4. The third-order valence-electron chi connectivity index (χ3n) is 5.59. The van der Waals surface area contributed by atoms with Crippen molar-refractivity contribution in [2.45, 2.75) is 30.7 Å². The number of methoxy groups -OCH3 is 1. The number of hydrogen-bond acceptors (Lipinski definition) is 8. The first-order valence-corrected chi connectivity index (χ1v) is 11.3. The van der Waals surface area contributed by atoms with Crippen LogP contribution < -0.4 is 14.8 Å². The van der Waals surface area contributed by atoms with E-state index in [1.54, 1.807) is 36.4 Å². The lowest BCUT2D eigenvalue weighted by Crippen LogP contribution is -2.60. The van der Waals surface area contributed by atoms with Gasteiger partial charge in [-0.05, 0) is 47.2 Å². The second kappa shape index (κ2) is 10.3. The maximum absolute atomic E-state index is 13.3. The van der Waals surface area contributed by atoms with E-state index in [4.69, 9.17) is 14.2 Å². The molecule has 180 valence electrons. The van der Waals surface area contributed by atoms with Crippen molar-refractivity contribution < 1.29 is 39.4 Å². The lowest BCUT2D eigenvalue weighted by atomic mass is 9.99. The molecule has 34 heavy (non-hydrogen) atoms. The number of para-hydroxylation sites is 2. The molecular weight excluding hydrogens is 510 g/mol. The number of carbonyl (C=O) groups excluding carboxylic acids is 1. The summed E-state index contributed by atoms with van der Waals surface area (Å²) in [4.78, 5) is 13.3. The third-order valence-corrected chi connectivity index (χ3v) is 6.09. The Morgan fingerprint density at radius 3 is 2.50 bits per heavy atom. The van der Waals surface area contributed by atoms with Gasteiger partial charge in [0, 0.05) is 4.47 Å². The summed E-state index contributed by atoms with van der Waals surface area (Å²) in [6.45, 7) is -0.600. The van der Waals surface area contributed by atoms with Gasteiger partial charge < -0.3 is 40.0 Å². The molecule has 0 radical (unpaired) electrons. The van der Waals surface area contributed by atoms with E-state index >= 15 is 0 Å². The number of anilines is 1. The molecule has 5 atom stereocenters. The van der Waals surface area contributed by atoms with Crippen LogP contribution >= 0.6 is 15.9 Å². The van der Waals surface area contributed by atoms with E-state index in [-0.39, 0.29) is 11.3 Å². The van der Waals surface area contributed by atoms with Crippen LogP contribution in [0.25, 0.3) is 10.8 Å². The van der Waals surface area contributed by atoms with E-state index in [2.05, 4.69) is 21.2 Å². The number of ether oxygens (including phenoxy) is 3. The van der Waals surface area contributed by atoms with E-state index in [0.717, 1.165) is 15.2 Å². The van der Waals surface area contributed by atoms with Crippen molar-refractivity contribution in [1.29, 1.82) is 0 Å². The summed E-state index contributed by atoms with van der Waals surface area (Å²) in [7, 11) is 1.49. The topological polar surface area (TPSA) is 138 Å². The van der Waals surface area contributed by atoms with Gasteiger partial charge in [-0.2, -0.15) is 0 Å². The van der Waals surface area contributed by atoms with Crippen molar-refractivity contribution in [2.24, 2.45) is 0 Å². The summed E-state index contributed by atoms with van der Waals surface area (Å²) in [5.41, 5.74) is 0.580. The highest BCUT2D eigenvalue weighted by Crippen LogP contribution is 2.33. The molecule has 0 saturated carbocycles. The van der Waals surface area contributed by atoms with E-state index in [1.165, 1.54) is 7.11 Å². The van der Waals surface area contributed by atoms with Crippen molar-refractivity contribution in [2.75, 3.05) is 19.0 Å². The summed E-state index contributed by atoms with van der Waals surface area (Å²) < 4.78 is 17.4. The molecule has 0 bridgehead atoms. The number of amides is 1. The standard InChI is InChI=1S/C24H24BrNO8/c1-32-17-5-3-2-4-16(17)26-23(31)15-9-13-8-14(25)7-6-12(13)10-18(15)33-24-22(30)21(29)20(28)19(11-27)34-24/h2-10,19-22,24,27-30H,11H2,1H3,(H,26,31). The van der Waals surface area contributed by atoms with Crippen molar-refractivity contribution >= 4 is 38.3 Å². The van der Waals surface area contributed by atoms with Crippen molar-refractivity contribution in [3.05, 3.63) is 64.6 Å². The van der Waals surface area contributed by atoms with Crippen molar-refractivity contribution in [3.8, 4) is 11.5 Å². The second-order valence-corrected chi connectivity index (χ2v) is 8.73. The first-order valence-electron chi connectivity index (χ1n) is 10.5. The van der Waals surface area contributed by atoms with Crippen LogP contribution in [0, 0.1) is 0 Å². The zero-order valence-corrected chi connectivity index (χ0v) is 19.7. The summed E-state index contributed by atoms with van der Waals surface area (Å²) in [6, 6.07) is 15.6. The Morgan fingerprint density at radius 2 is 1.76 bits per heavy atom. The van der Waals surface area contributed by atoms with E-state index in [9.17, 15) is 25.2 Å². The predicted molar refractivity (Wildman–Crippen MR) is 127 cm³/mol. The lowest BCUT2D eigenvalue weighted by molar-refractivity contribution is -0.277. The Kier molecular flexibility index (Phi) is 7.36. The SMILES string of the molecule is COc1ccccc1NC(=O)c1cc2cc(Br)ccc2cc1OC1OC(CO)C(O)C(O)C1O. The van der Waals surface area contributed by atoms with Crippen LogP contribution in [0.3, 0.4) is 0 Å². The van der Waals surface area contributed by atoms with Gasteiger partial charge >= 0.3 is 0 Å². The molecule has 1 heterocycles. The van der Waals surface area contributed by atoms with E-state index in [1.807, 2.05) is 18.2 Å². The molecule has 1 aliphatic heterocycles. The van der Waals surface area contributed by atoms with Gasteiger partial charge in [0.2, 0.25) is 6.29 Å². The molecule has 3 aromatic carbocycles. The summed E-state index contributed by atoms with van der Waals surface area (Å²) >= 11 is 3.42. The highest BCUT2D eigenvalue weighted by molar-refractivity contribution is 9.10. The smallest absolute Gasteiger partial charge is 0.259 e. The zero-order valence-electron chi connectivity index (χ0n) is 18.1. The van der Waals surface area contributed by atoms with Gasteiger partial charge in [0.25, 0.3) is 5.91 Å². The van der Waals surface area contributed by atoms with Gasteiger partial charge in [0.1, 0.15) is 35.9 Å². The number of hydrogen-bond donors (Lipinski definition) is 5. The van der Waals surface area contributed by atoms with Crippen molar-refractivity contribution in [1.82, 2.24) is 0 Å². The Morgan fingerprint density at radius 1 is 1.00 bits per heavy atom. The fourth-order valence-corrected chi connectivity index (χ4v) is 4.13. The Balaban J connectivity index is 1.72. The van der Waals surface area contributed by atoms with Crippen LogP contribution in [0.5, 0.6) is 11.5 Å². The minimum Gasteiger partial charge on any atom is -0.495 e. The minimum absolute atomic E-state index is 0.0755. The van der Waals surface area contributed by atoms with Crippen LogP contribution in [0.15, 0.2) is 59.1 Å². The second-order valence-electron chi connectivity index (χ2n) is 7.81. The molecule has 0 spiro atoms. The normalized spacial score (nSPS) is 24.6. The van der Waals surface area contributed by atoms with E-state index in [0.29, 0.717) is 11.4 Å². The highest BCUT2D eigenvalue weighted by Gasteiger charge is 2.45. The minimum atomic E-state index is -1.62. The summed E-state index contributed by atoms with van der Waals surface area (Å²) in [5, 5.41) is 44.3. The quantitative estimate of drug-likeness (QED) is 0.324. The van der Waals surface area contributed by atoms with Crippen LogP contribution in [0.1, 0.15) is 10.4 Å². The summed E-state index contributed by atoms with van der Waals surface area (Å²) in [5.74, 6) is 0.0355. The molecule has 10 heteroatoms. The lowest BCUT2D eigenvalue weighted by Gasteiger charge is -2.39. The zero-order chi connectivity index (χ0) is 24.4. The van der Waals surface area contributed by atoms with Gasteiger partial charge in [0.15, 0.2) is 0 Å². The van der Waals surface area contributed by atoms with Gasteiger partial charge in [-0.3, -0.25) is 4.79 Å². The monoisotopic (exact) mass is 533 g/mol. The molecular formula is C24H24BrNO8. The van der Waals surface area contributed by atoms with Crippen LogP contribution in [0.4, 0.5) is 5.69 Å². The van der Waals surface area contributed by atoms with Gasteiger partial charge in [-0.15, -0.1) is 0 Å². The fraction of sp³-hybridized carbons (Fsp3) is 0.292. The Hall–Kier alpha value is -2.73.